The van der Waals surface area contributed by atoms with Crippen LogP contribution < -0.4 is 10.1 Å². The molecule has 0 unspecified atom stereocenters. The molecule has 9 heteroatoms. The summed E-state index contributed by atoms with van der Waals surface area (Å²) < 4.78 is 31.4. The molecule has 8 nitrogen and oxygen atoms in total. The van der Waals surface area contributed by atoms with Crippen molar-refractivity contribution in [3.8, 4) is 5.75 Å². The van der Waals surface area contributed by atoms with Gasteiger partial charge in [-0.1, -0.05) is 12.1 Å². The molecule has 0 atom stereocenters. The maximum atomic E-state index is 12.9. The Morgan fingerprint density at radius 2 is 1.76 bits per heavy atom. The van der Waals surface area contributed by atoms with E-state index in [1.54, 1.807) is 30.3 Å². The van der Waals surface area contributed by atoms with E-state index in [2.05, 4.69) is 5.32 Å². The Hall–Kier alpha value is -2.91. The van der Waals surface area contributed by atoms with Crippen LogP contribution in [0.15, 0.2) is 47.4 Å². The topological polar surface area (TPSA) is 96.0 Å². The molecule has 0 aromatic heterocycles. The Bertz CT molecular complexity index is 1110. The molecule has 1 saturated heterocycles. The van der Waals surface area contributed by atoms with Crippen LogP contribution in [0.5, 0.6) is 5.75 Å². The number of nitrogens with zero attached hydrogens (tertiary/aromatic N) is 2. The maximum Gasteiger partial charge on any atom is 0.255 e. The van der Waals surface area contributed by atoms with Crippen molar-refractivity contribution in [1.29, 1.82) is 0 Å². The van der Waals surface area contributed by atoms with Crippen molar-refractivity contribution in [3.05, 3.63) is 53.6 Å². The predicted molar refractivity (Wildman–Crippen MR) is 127 cm³/mol. The van der Waals surface area contributed by atoms with Gasteiger partial charge in [0.2, 0.25) is 15.9 Å². The Morgan fingerprint density at radius 3 is 2.42 bits per heavy atom. The lowest BCUT2D eigenvalue weighted by Crippen LogP contribution is -2.36. The van der Waals surface area contributed by atoms with E-state index in [1.165, 1.54) is 33.3 Å². The molecule has 0 aliphatic carbocycles. The summed E-state index contributed by atoms with van der Waals surface area (Å²) in [4.78, 5) is 27.6. The number of piperidine rings is 1. The lowest BCUT2D eigenvalue weighted by Gasteiger charge is -2.27. The van der Waals surface area contributed by atoms with Crippen LogP contribution in [0.3, 0.4) is 0 Å². The van der Waals surface area contributed by atoms with E-state index in [0.29, 0.717) is 22.6 Å². The van der Waals surface area contributed by atoms with Gasteiger partial charge in [0.25, 0.3) is 5.91 Å². The van der Waals surface area contributed by atoms with Gasteiger partial charge in [-0.25, -0.2) is 12.7 Å². The molecule has 0 spiro atoms. The first-order chi connectivity index (χ1) is 15.7. The van der Waals surface area contributed by atoms with E-state index >= 15 is 0 Å². The second-order valence-corrected chi connectivity index (χ2v) is 10.4. The van der Waals surface area contributed by atoms with E-state index in [4.69, 9.17) is 4.74 Å². The van der Waals surface area contributed by atoms with E-state index in [9.17, 15) is 18.0 Å². The van der Waals surface area contributed by atoms with Crippen molar-refractivity contribution in [2.45, 2.75) is 37.0 Å². The number of para-hydroxylation sites is 1. The second kappa shape index (κ2) is 10.8. The van der Waals surface area contributed by atoms with Crippen LogP contribution in [-0.4, -0.2) is 63.7 Å². The average molecular weight is 474 g/mol. The molecule has 0 radical (unpaired) electrons. The number of ether oxygens (including phenoxy) is 1. The summed E-state index contributed by atoms with van der Waals surface area (Å²) in [7, 11) is 0.834. The largest absolute Gasteiger partial charge is 0.496 e. The molecular weight excluding hydrogens is 442 g/mol. The van der Waals surface area contributed by atoms with Crippen molar-refractivity contribution >= 4 is 27.5 Å². The normalized spacial score (nSPS) is 14.2. The number of carbonyl (C=O) groups is 2. The van der Waals surface area contributed by atoms with Gasteiger partial charge in [0.15, 0.2) is 0 Å². The highest BCUT2D eigenvalue weighted by atomic mass is 32.2. The minimum Gasteiger partial charge on any atom is -0.496 e. The molecule has 2 aromatic carbocycles. The predicted octanol–water partition coefficient (Wildman–Crippen LogP) is 3.14. The number of sulfonamides is 1. The van der Waals surface area contributed by atoms with E-state index < -0.39 is 10.0 Å². The highest BCUT2D eigenvalue weighted by molar-refractivity contribution is 7.89. The Morgan fingerprint density at radius 1 is 1.06 bits per heavy atom. The Kier molecular flexibility index (Phi) is 8.10. The number of anilines is 1. The molecule has 2 aromatic rings. The lowest BCUT2D eigenvalue weighted by molar-refractivity contribution is -0.116. The van der Waals surface area contributed by atoms with Gasteiger partial charge in [-0.05, 0) is 61.6 Å². The first-order valence-corrected chi connectivity index (χ1v) is 12.5. The standard InChI is InChI=1S/C24H31N3O5S/c1-26(2)33(30,31)19-12-13-22(32-3)18(17-19)11-14-23(28)25-21-10-6-5-9-20(21)24(29)27-15-7-4-8-16-27/h5-6,9-10,12-13,17H,4,7-8,11,14-16H2,1-3H3,(H,25,28). The summed E-state index contributed by atoms with van der Waals surface area (Å²) in [6.45, 7) is 1.46. The average Bonchev–Trinajstić information content (AvgIpc) is 2.82. The fourth-order valence-corrected chi connectivity index (χ4v) is 4.78. The molecule has 0 bridgehead atoms. The van der Waals surface area contributed by atoms with E-state index in [-0.39, 0.29) is 29.6 Å². The molecule has 1 heterocycles. The number of likely N-dealkylation sites (tertiary alicyclic amines) is 1. The molecule has 3 rings (SSSR count). The van der Waals surface area contributed by atoms with Gasteiger partial charge < -0.3 is 15.0 Å². The number of aryl methyl sites for hydroxylation is 1. The van der Waals surface area contributed by atoms with Crippen molar-refractivity contribution in [1.82, 2.24) is 9.21 Å². The minimum absolute atomic E-state index is 0.0751. The smallest absolute Gasteiger partial charge is 0.255 e. The number of nitrogens with one attached hydrogen (secondary N) is 1. The SMILES string of the molecule is COc1ccc(S(=O)(=O)N(C)C)cc1CCC(=O)Nc1ccccc1C(=O)N1CCCCC1. The van der Waals surface area contributed by atoms with Crippen LogP contribution in [0.1, 0.15) is 41.6 Å². The van der Waals surface area contributed by atoms with Gasteiger partial charge >= 0.3 is 0 Å². The van der Waals surface area contributed by atoms with Crippen LogP contribution in [0.25, 0.3) is 0 Å². The molecule has 1 fully saturated rings. The van der Waals surface area contributed by atoms with Crippen molar-refractivity contribution in [2.24, 2.45) is 0 Å². The summed E-state index contributed by atoms with van der Waals surface area (Å²) in [5, 5.41) is 2.85. The number of hydrogen-bond acceptors (Lipinski definition) is 5. The zero-order chi connectivity index (χ0) is 24.0. The number of hydrogen-bond donors (Lipinski definition) is 1. The Balaban J connectivity index is 1.72. The van der Waals surface area contributed by atoms with E-state index in [1.807, 2.05) is 4.90 Å². The number of methoxy groups -OCH3 is 1. The van der Waals surface area contributed by atoms with E-state index in [0.717, 1.165) is 36.7 Å². The minimum atomic E-state index is -3.60. The number of carbonyl (C=O) groups excluding carboxylic acids is 2. The molecule has 0 saturated carbocycles. The molecule has 33 heavy (non-hydrogen) atoms. The summed E-state index contributed by atoms with van der Waals surface area (Å²) >= 11 is 0. The van der Waals surface area contributed by atoms with Gasteiger partial charge in [0, 0.05) is 33.6 Å². The van der Waals surface area contributed by atoms with Crippen LogP contribution in [0, 0.1) is 0 Å². The highest BCUT2D eigenvalue weighted by Crippen LogP contribution is 2.26. The van der Waals surface area contributed by atoms with Gasteiger partial charge in [-0.2, -0.15) is 0 Å². The molecule has 1 N–H and O–H groups in total. The maximum absolute atomic E-state index is 12.9. The van der Waals surface area contributed by atoms with Crippen LogP contribution in [0.4, 0.5) is 5.69 Å². The fourth-order valence-electron chi connectivity index (χ4n) is 3.83. The molecule has 1 aliphatic rings. The number of amides is 2. The third-order valence-corrected chi connectivity index (χ3v) is 7.54. The van der Waals surface area contributed by atoms with Crippen LogP contribution >= 0.6 is 0 Å². The Labute approximate surface area is 195 Å². The van der Waals surface area contributed by atoms with Gasteiger partial charge in [-0.15, -0.1) is 0 Å². The zero-order valence-corrected chi connectivity index (χ0v) is 20.2. The number of benzene rings is 2. The highest BCUT2D eigenvalue weighted by Gasteiger charge is 2.22. The summed E-state index contributed by atoms with van der Waals surface area (Å²) in [6, 6.07) is 11.6. The summed E-state index contributed by atoms with van der Waals surface area (Å²) in [5.74, 6) is 0.173. The quantitative estimate of drug-likeness (QED) is 0.635. The summed E-state index contributed by atoms with van der Waals surface area (Å²) in [5.41, 5.74) is 1.58. The monoisotopic (exact) mass is 473 g/mol. The van der Waals surface area contributed by atoms with Crippen molar-refractivity contribution in [3.63, 3.8) is 0 Å². The third kappa shape index (κ3) is 5.91. The summed E-state index contributed by atoms with van der Waals surface area (Å²) in [6.07, 6.45) is 3.50. The van der Waals surface area contributed by atoms with Gasteiger partial charge in [0.1, 0.15) is 5.75 Å². The van der Waals surface area contributed by atoms with Gasteiger partial charge in [-0.3, -0.25) is 9.59 Å². The zero-order valence-electron chi connectivity index (χ0n) is 19.3. The molecular formula is C24H31N3O5S. The lowest BCUT2D eigenvalue weighted by atomic mass is 10.1. The second-order valence-electron chi connectivity index (χ2n) is 8.21. The van der Waals surface area contributed by atoms with Gasteiger partial charge in [0.05, 0.1) is 23.3 Å². The molecule has 1 aliphatic heterocycles. The van der Waals surface area contributed by atoms with Crippen LogP contribution in [0.2, 0.25) is 0 Å². The fraction of sp³-hybridized carbons (Fsp3) is 0.417. The third-order valence-electron chi connectivity index (χ3n) is 5.73. The van der Waals surface area contributed by atoms with Crippen LogP contribution in [-0.2, 0) is 21.2 Å². The first-order valence-electron chi connectivity index (χ1n) is 11.0. The van der Waals surface area contributed by atoms with Crippen molar-refractivity contribution in [2.75, 3.05) is 39.6 Å². The first kappa shape index (κ1) is 24.7. The molecule has 178 valence electrons. The van der Waals surface area contributed by atoms with Crippen molar-refractivity contribution < 1.29 is 22.7 Å². The number of rotatable bonds is 8. The molecule has 2 amide bonds.